The Morgan fingerprint density at radius 1 is 0.778 bits per heavy atom. The summed E-state index contributed by atoms with van der Waals surface area (Å²) < 4.78 is 0. The van der Waals surface area contributed by atoms with Crippen LogP contribution in [0, 0.1) is 0 Å². The van der Waals surface area contributed by atoms with Gasteiger partial charge < -0.3 is 15.1 Å². The second-order valence-electron chi connectivity index (χ2n) is 6.40. The molecule has 2 heterocycles. The van der Waals surface area contributed by atoms with Crippen molar-refractivity contribution in [2.75, 3.05) is 41.3 Å². The van der Waals surface area contributed by atoms with Crippen molar-refractivity contribution in [1.82, 2.24) is 9.97 Å². The maximum atomic E-state index is 12.3. The molecule has 136 valence electrons. The molecule has 0 radical (unpaired) electrons. The fourth-order valence-corrected chi connectivity index (χ4v) is 3.13. The molecule has 1 aliphatic heterocycles. The Kier molecular flexibility index (Phi) is 4.96. The third-order valence-electron chi connectivity index (χ3n) is 4.62. The minimum atomic E-state index is -0.207. The maximum absolute atomic E-state index is 12.3. The van der Waals surface area contributed by atoms with Crippen LogP contribution in [0.2, 0.25) is 0 Å². The van der Waals surface area contributed by atoms with E-state index in [0.717, 1.165) is 31.9 Å². The molecule has 0 saturated carbocycles. The number of hydrogen-bond acceptors (Lipinski definition) is 5. The molecule has 1 fully saturated rings. The van der Waals surface area contributed by atoms with Gasteiger partial charge in [-0.15, -0.1) is 0 Å². The van der Waals surface area contributed by atoms with Gasteiger partial charge in [0.25, 0.3) is 5.91 Å². The van der Waals surface area contributed by atoms with Crippen LogP contribution in [0.25, 0.3) is 0 Å². The summed E-state index contributed by atoms with van der Waals surface area (Å²) in [7, 11) is 0. The number of nitrogens with one attached hydrogen (secondary N) is 1. The van der Waals surface area contributed by atoms with Crippen LogP contribution < -0.4 is 15.1 Å². The minimum Gasteiger partial charge on any atom is -0.368 e. The molecule has 3 aromatic rings. The van der Waals surface area contributed by atoms with Gasteiger partial charge in [-0.3, -0.25) is 4.79 Å². The first-order valence-corrected chi connectivity index (χ1v) is 9.03. The van der Waals surface area contributed by atoms with Crippen molar-refractivity contribution < 1.29 is 4.79 Å². The first-order valence-electron chi connectivity index (χ1n) is 9.03. The molecule has 1 saturated heterocycles. The lowest BCUT2D eigenvalue weighted by molar-refractivity contribution is 0.102. The SMILES string of the molecule is O=C(Nc1ccccc1)c1cnc(N2CCN(c3ccccc3)CC2)nc1. The van der Waals surface area contributed by atoms with E-state index in [1.165, 1.54) is 5.69 Å². The van der Waals surface area contributed by atoms with Crippen molar-refractivity contribution in [3.63, 3.8) is 0 Å². The molecule has 0 bridgehead atoms. The maximum Gasteiger partial charge on any atom is 0.258 e. The summed E-state index contributed by atoms with van der Waals surface area (Å²) in [6, 6.07) is 19.8. The Balaban J connectivity index is 1.36. The van der Waals surface area contributed by atoms with E-state index in [1.807, 2.05) is 36.4 Å². The third kappa shape index (κ3) is 4.06. The molecule has 6 heteroatoms. The number of nitrogens with zero attached hydrogens (tertiary/aromatic N) is 4. The third-order valence-corrected chi connectivity index (χ3v) is 4.62. The predicted octanol–water partition coefficient (Wildman–Crippen LogP) is 3.06. The average molecular weight is 359 g/mol. The van der Waals surface area contributed by atoms with Gasteiger partial charge >= 0.3 is 0 Å². The van der Waals surface area contributed by atoms with Crippen molar-refractivity contribution >= 4 is 23.2 Å². The zero-order valence-corrected chi connectivity index (χ0v) is 15.0. The molecule has 6 nitrogen and oxygen atoms in total. The van der Waals surface area contributed by atoms with E-state index in [-0.39, 0.29) is 5.91 Å². The first kappa shape index (κ1) is 17.0. The normalized spacial score (nSPS) is 14.1. The van der Waals surface area contributed by atoms with Gasteiger partial charge in [0.2, 0.25) is 5.95 Å². The first-order chi connectivity index (χ1) is 13.3. The van der Waals surface area contributed by atoms with Crippen LogP contribution in [0.4, 0.5) is 17.3 Å². The average Bonchev–Trinajstić information content (AvgIpc) is 2.75. The molecule has 0 aliphatic carbocycles. The molecule has 4 rings (SSSR count). The highest BCUT2D eigenvalue weighted by atomic mass is 16.1. The number of carbonyl (C=O) groups is 1. The van der Waals surface area contributed by atoms with Gasteiger partial charge in [-0.2, -0.15) is 0 Å². The number of carbonyl (C=O) groups excluding carboxylic acids is 1. The number of benzene rings is 2. The number of aromatic nitrogens is 2. The molecule has 0 unspecified atom stereocenters. The van der Waals surface area contributed by atoms with Crippen LogP contribution in [0.1, 0.15) is 10.4 Å². The summed E-state index contributed by atoms with van der Waals surface area (Å²) in [5, 5.41) is 2.84. The number of rotatable bonds is 4. The second kappa shape index (κ2) is 7.86. The largest absolute Gasteiger partial charge is 0.368 e. The molecule has 1 aliphatic rings. The molecule has 1 aromatic heterocycles. The summed E-state index contributed by atoms with van der Waals surface area (Å²) in [6.07, 6.45) is 3.17. The number of amides is 1. The topological polar surface area (TPSA) is 61.4 Å². The summed E-state index contributed by atoms with van der Waals surface area (Å²) >= 11 is 0. The van der Waals surface area contributed by atoms with Crippen LogP contribution in [-0.2, 0) is 0 Å². The zero-order chi connectivity index (χ0) is 18.5. The molecule has 1 N–H and O–H groups in total. The minimum absolute atomic E-state index is 0.207. The highest BCUT2D eigenvalue weighted by Crippen LogP contribution is 2.18. The molecule has 0 atom stereocenters. The van der Waals surface area contributed by atoms with E-state index in [9.17, 15) is 4.79 Å². The lowest BCUT2D eigenvalue weighted by atomic mass is 10.2. The van der Waals surface area contributed by atoms with Crippen LogP contribution in [0.3, 0.4) is 0 Å². The summed E-state index contributed by atoms with van der Waals surface area (Å²) in [6.45, 7) is 3.54. The van der Waals surface area contributed by atoms with Gasteiger partial charge in [-0.05, 0) is 24.3 Å². The molecular formula is C21H21N5O. The molecule has 0 spiro atoms. The standard InChI is InChI=1S/C21H21N5O/c27-20(24-18-7-3-1-4-8-18)17-15-22-21(23-16-17)26-13-11-25(12-14-26)19-9-5-2-6-10-19/h1-10,15-16H,11-14H2,(H,24,27). The predicted molar refractivity (Wildman–Crippen MR) is 107 cm³/mol. The van der Waals surface area contributed by atoms with E-state index in [2.05, 4.69) is 49.4 Å². The Morgan fingerprint density at radius 2 is 1.33 bits per heavy atom. The van der Waals surface area contributed by atoms with Crippen molar-refractivity contribution in [3.8, 4) is 0 Å². The zero-order valence-electron chi connectivity index (χ0n) is 15.0. The van der Waals surface area contributed by atoms with Crippen molar-refractivity contribution in [3.05, 3.63) is 78.6 Å². The van der Waals surface area contributed by atoms with Crippen molar-refractivity contribution in [2.45, 2.75) is 0 Å². The summed E-state index contributed by atoms with van der Waals surface area (Å²) in [4.78, 5) is 25.6. The van der Waals surface area contributed by atoms with Gasteiger partial charge in [0, 0.05) is 49.9 Å². The van der Waals surface area contributed by atoms with Gasteiger partial charge in [-0.1, -0.05) is 36.4 Å². The Labute approximate surface area is 158 Å². The molecule has 27 heavy (non-hydrogen) atoms. The Hall–Kier alpha value is -3.41. The van der Waals surface area contributed by atoms with Gasteiger partial charge in [-0.25, -0.2) is 9.97 Å². The van der Waals surface area contributed by atoms with E-state index < -0.39 is 0 Å². The van der Waals surface area contributed by atoms with E-state index in [1.54, 1.807) is 12.4 Å². The quantitative estimate of drug-likeness (QED) is 0.776. The fraction of sp³-hybridized carbons (Fsp3) is 0.190. The Bertz CT molecular complexity index is 875. The highest BCUT2D eigenvalue weighted by Gasteiger charge is 2.19. The monoisotopic (exact) mass is 359 g/mol. The van der Waals surface area contributed by atoms with Gasteiger partial charge in [0.05, 0.1) is 5.56 Å². The van der Waals surface area contributed by atoms with E-state index >= 15 is 0 Å². The number of hydrogen-bond donors (Lipinski definition) is 1. The lowest BCUT2D eigenvalue weighted by Crippen LogP contribution is -2.47. The van der Waals surface area contributed by atoms with Crippen molar-refractivity contribution in [1.29, 1.82) is 0 Å². The number of piperazine rings is 1. The van der Waals surface area contributed by atoms with Crippen LogP contribution in [0.5, 0.6) is 0 Å². The van der Waals surface area contributed by atoms with Crippen LogP contribution >= 0.6 is 0 Å². The van der Waals surface area contributed by atoms with Gasteiger partial charge in [0.15, 0.2) is 0 Å². The van der Waals surface area contributed by atoms with Crippen molar-refractivity contribution in [2.24, 2.45) is 0 Å². The van der Waals surface area contributed by atoms with Crippen LogP contribution in [0.15, 0.2) is 73.1 Å². The molecule has 2 aromatic carbocycles. The molecular weight excluding hydrogens is 338 g/mol. The summed E-state index contributed by atoms with van der Waals surface area (Å²) in [5.41, 5.74) is 2.44. The number of anilines is 3. The van der Waals surface area contributed by atoms with Crippen LogP contribution in [-0.4, -0.2) is 42.1 Å². The Morgan fingerprint density at radius 3 is 1.96 bits per heavy atom. The lowest BCUT2D eigenvalue weighted by Gasteiger charge is -2.36. The summed E-state index contributed by atoms with van der Waals surface area (Å²) in [5.74, 6) is 0.459. The van der Waals surface area contributed by atoms with E-state index in [4.69, 9.17) is 0 Å². The fourth-order valence-electron chi connectivity index (χ4n) is 3.13. The second-order valence-corrected chi connectivity index (χ2v) is 6.40. The van der Waals surface area contributed by atoms with E-state index in [0.29, 0.717) is 11.5 Å². The molecule has 1 amide bonds. The smallest absolute Gasteiger partial charge is 0.258 e. The number of para-hydroxylation sites is 2. The highest BCUT2D eigenvalue weighted by molar-refractivity contribution is 6.03. The van der Waals surface area contributed by atoms with Gasteiger partial charge in [0.1, 0.15) is 0 Å².